The molecule has 5 fully saturated rings. The Morgan fingerprint density at radius 2 is 1.81 bits per heavy atom. The van der Waals surface area contributed by atoms with Crippen LogP contribution in [0.2, 0.25) is 0 Å². The van der Waals surface area contributed by atoms with Gasteiger partial charge in [-0.25, -0.2) is 13.2 Å². The van der Waals surface area contributed by atoms with Crippen molar-refractivity contribution < 1.29 is 18.0 Å². The minimum atomic E-state index is -3.00. The lowest BCUT2D eigenvalue weighted by molar-refractivity contribution is -0.133. The van der Waals surface area contributed by atoms with Crippen molar-refractivity contribution in [2.45, 2.75) is 74.5 Å². The van der Waals surface area contributed by atoms with Crippen molar-refractivity contribution >= 4 is 5.91 Å². The quantitative estimate of drug-likeness (QED) is 0.703. The van der Waals surface area contributed by atoms with E-state index in [0.29, 0.717) is 18.4 Å². The second-order valence-electron chi connectivity index (χ2n) is 10.6. The highest BCUT2D eigenvalue weighted by atomic mass is 19.3. The van der Waals surface area contributed by atoms with Crippen LogP contribution in [0.5, 0.6) is 0 Å². The molecule has 1 aromatic carbocycles. The Morgan fingerprint density at radius 3 is 2.47 bits per heavy atom. The van der Waals surface area contributed by atoms with Crippen molar-refractivity contribution in [3.63, 3.8) is 0 Å². The van der Waals surface area contributed by atoms with E-state index in [0.717, 1.165) is 42.6 Å². The summed E-state index contributed by atoms with van der Waals surface area (Å²) in [5.74, 6) is -2.55. The fourth-order valence-corrected chi connectivity index (χ4v) is 7.17. The van der Waals surface area contributed by atoms with Crippen LogP contribution in [0, 0.1) is 29.0 Å². The number of nitrogens with zero attached hydrogens (tertiary/aromatic N) is 2. The molecular weight excluding hydrogens is 417 g/mol. The number of amides is 1. The highest BCUT2D eigenvalue weighted by molar-refractivity contribution is 5.79. The van der Waals surface area contributed by atoms with Gasteiger partial charge in [-0.05, 0) is 68.1 Å². The zero-order chi connectivity index (χ0) is 22.6. The van der Waals surface area contributed by atoms with Crippen molar-refractivity contribution in [1.82, 2.24) is 15.5 Å². The maximum absolute atomic E-state index is 13.7. The first kappa shape index (κ1) is 21.7. The van der Waals surface area contributed by atoms with Crippen molar-refractivity contribution in [3.05, 3.63) is 35.6 Å². The van der Waals surface area contributed by atoms with E-state index in [1.165, 1.54) is 12.5 Å². The van der Waals surface area contributed by atoms with Crippen LogP contribution >= 0.6 is 0 Å². The van der Waals surface area contributed by atoms with E-state index in [2.05, 4.69) is 10.6 Å². The van der Waals surface area contributed by atoms with Crippen LogP contribution in [0.1, 0.15) is 50.5 Å². The molecule has 1 amide bonds. The van der Waals surface area contributed by atoms with E-state index >= 15 is 0 Å². The normalized spacial score (nSPS) is 36.9. The van der Waals surface area contributed by atoms with E-state index < -0.39 is 30.8 Å². The van der Waals surface area contributed by atoms with Gasteiger partial charge in [0.1, 0.15) is 11.9 Å². The Labute approximate surface area is 186 Å². The molecule has 4 aliphatic carbocycles. The summed E-state index contributed by atoms with van der Waals surface area (Å²) in [6, 6.07) is 7.42. The standard InChI is InChI=1S/C24H29F3N4O/c25-19-3-1-2-16(5-19)12-29-22-6-17-4-18(7-22)9-23(8-17,14-22)30-13-21(32)31-15-24(26,27)10-20(31)11-28/h1-3,5,17-18,20,29-30H,4,6-10,12-15H2/t17?,18?,20-,22?,23?/m0/s1. The van der Waals surface area contributed by atoms with Crippen molar-refractivity contribution in [3.8, 4) is 6.07 Å². The number of carbonyl (C=O) groups is 1. The van der Waals surface area contributed by atoms with Crippen molar-refractivity contribution in [2.75, 3.05) is 13.1 Å². The van der Waals surface area contributed by atoms with Gasteiger partial charge in [0, 0.05) is 24.0 Å². The molecule has 32 heavy (non-hydrogen) atoms. The Balaban J connectivity index is 1.26. The number of carbonyl (C=O) groups excluding carboxylic acids is 1. The molecule has 8 heteroatoms. The van der Waals surface area contributed by atoms with Crippen LogP contribution in [-0.2, 0) is 11.3 Å². The zero-order valence-electron chi connectivity index (χ0n) is 18.0. The summed E-state index contributed by atoms with van der Waals surface area (Å²) < 4.78 is 41.1. The van der Waals surface area contributed by atoms with Crippen molar-refractivity contribution in [2.24, 2.45) is 11.8 Å². The summed E-state index contributed by atoms with van der Waals surface area (Å²) >= 11 is 0. The van der Waals surface area contributed by atoms with Gasteiger partial charge in [0.2, 0.25) is 5.91 Å². The average molecular weight is 447 g/mol. The zero-order valence-corrected chi connectivity index (χ0v) is 18.0. The molecule has 172 valence electrons. The lowest BCUT2D eigenvalue weighted by Crippen LogP contribution is -2.69. The van der Waals surface area contributed by atoms with Crippen LogP contribution in [-0.4, -0.2) is 46.9 Å². The van der Waals surface area contributed by atoms with E-state index in [-0.39, 0.29) is 23.4 Å². The molecule has 1 heterocycles. The minimum absolute atomic E-state index is 0.0202. The molecule has 1 saturated heterocycles. The Bertz CT molecular complexity index is 931. The predicted octanol–water partition coefficient (Wildman–Crippen LogP) is 3.36. The lowest BCUT2D eigenvalue weighted by atomic mass is 9.50. The summed E-state index contributed by atoms with van der Waals surface area (Å²) in [6.45, 7) is -0.101. The molecule has 2 N–H and O–H groups in total. The molecule has 2 unspecified atom stereocenters. The van der Waals surface area contributed by atoms with E-state index in [1.807, 2.05) is 12.1 Å². The molecule has 0 radical (unpaired) electrons. The SMILES string of the molecule is N#C[C@@H]1CC(F)(F)CN1C(=O)CNC12CC3CC(C1)CC(NCc1cccc(F)c1)(C3)C2. The van der Waals surface area contributed by atoms with Gasteiger partial charge in [0.05, 0.1) is 19.2 Å². The summed E-state index contributed by atoms with van der Waals surface area (Å²) in [5, 5.41) is 16.4. The Kier molecular flexibility index (Phi) is 5.25. The maximum atomic E-state index is 13.7. The lowest BCUT2D eigenvalue weighted by Gasteiger charge is -2.62. The summed E-state index contributed by atoms with van der Waals surface area (Å²) in [4.78, 5) is 13.8. The fourth-order valence-electron chi connectivity index (χ4n) is 7.17. The first-order chi connectivity index (χ1) is 15.2. The highest BCUT2D eigenvalue weighted by Gasteiger charge is 2.57. The molecule has 1 aromatic rings. The monoisotopic (exact) mass is 446 g/mol. The van der Waals surface area contributed by atoms with E-state index in [1.54, 1.807) is 12.1 Å². The fraction of sp³-hybridized carbons (Fsp3) is 0.667. The third kappa shape index (κ3) is 4.13. The third-order valence-corrected chi connectivity index (χ3v) is 7.97. The van der Waals surface area contributed by atoms with Gasteiger partial charge < -0.3 is 15.5 Å². The van der Waals surface area contributed by atoms with Gasteiger partial charge >= 0.3 is 0 Å². The van der Waals surface area contributed by atoms with Gasteiger partial charge in [-0.2, -0.15) is 5.26 Å². The largest absolute Gasteiger partial charge is 0.319 e. The molecule has 0 aromatic heterocycles. The second-order valence-corrected chi connectivity index (χ2v) is 10.6. The van der Waals surface area contributed by atoms with Gasteiger partial charge in [-0.1, -0.05) is 12.1 Å². The predicted molar refractivity (Wildman–Crippen MR) is 112 cm³/mol. The smallest absolute Gasteiger partial charge is 0.268 e. The second kappa shape index (κ2) is 7.74. The third-order valence-electron chi connectivity index (χ3n) is 7.97. The number of benzene rings is 1. The van der Waals surface area contributed by atoms with E-state index in [4.69, 9.17) is 0 Å². The number of rotatable bonds is 6. The Hall–Kier alpha value is -2.11. The average Bonchev–Trinajstić information content (AvgIpc) is 3.05. The van der Waals surface area contributed by atoms with Crippen LogP contribution in [0.25, 0.3) is 0 Å². The molecule has 4 saturated carbocycles. The number of likely N-dealkylation sites (tertiary alicyclic amines) is 1. The van der Waals surface area contributed by atoms with E-state index in [9.17, 15) is 23.2 Å². The van der Waals surface area contributed by atoms with Crippen LogP contribution < -0.4 is 10.6 Å². The number of halogens is 3. The maximum Gasteiger partial charge on any atom is 0.268 e. The molecule has 4 bridgehead atoms. The number of alkyl halides is 2. The number of hydrogen-bond acceptors (Lipinski definition) is 4. The highest BCUT2D eigenvalue weighted by Crippen LogP contribution is 2.57. The minimum Gasteiger partial charge on any atom is -0.319 e. The van der Waals surface area contributed by atoms with Gasteiger partial charge in [-0.3, -0.25) is 4.79 Å². The summed E-state index contributed by atoms with van der Waals surface area (Å²) in [5.41, 5.74) is 0.664. The van der Waals surface area contributed by atoms with Gasteiger partial charge in [-0.15, -0.1) is 0 Å². The molecule has 6 rings (SSSR count). The number of hydrogen-bond donors (Lipinski definition) is 2. The molecule has 5 aliphatic rings. The summed E-state index contributed by atoms with van der Waals surface area (Å²) in [6.07, 6.45) is 5.59. The van der Waals surface area contributed by atoms with Gasteiger partial charge in [0.15, 0.2) is 0 Å². The van der Waals surface area contributed by atoms with Crippen LogP contribution in [0.3, 0.4) is 0 Å². The number of nitrogens with one attached hydrogen (secondary N) is 2. The van der Waals surface area contributed by atoms with Gasteiger partial charge in [0.25, 0.3) is 5.92 Å². The molecule has 1 aliphatic heterocycles. The topological polar surface area (TPSA) is 68.2 Å². The molecule has 5 nitrogen and oxygen atoms in total. The molecular formula is C24H29F3N4O. The first-order valence-corrected chi connectivity index (χ1v) is 11.5. The number of nitriles is 1. The molecule has 0 spiro atoms. The summed E-state index contributed by atoms with van der Waals surface area (Å²) in [7, 11) is 0. The Morgan fingerprint density at radius 1 is 1.12 bits per heavy atom. The van der Waals surface area contributed by atoms with Crippen LogP contribution in [0.15, 0.2) is 24.3 Å². The van der Waals surface area contributed by atoms with Crippen molar-refractivity contribution in [1.29, 1.82) is 5.26 Å². The molecule has 3 atom stereocenters. The van der Waals surface area contributed by atoms with Crippen LogP contribution in [0.4, 0.5) is 13.2 Å². The first-order valence-electron chi connectivity index (χ1n) is 11.5.